The number of nitrogens with zero attached hydrogens (tertiary/aromatic N) is 4. The van der Waals surface area contributed by atoms with Crippen LogP contribution in [0.25, 0.3) is 0 Å². The van der Waals surface area contributed by atoms with E-state index in [4.69, 9.17) is 9.47 Å². The number of aromatic nitrogens is 2. The van der Waals surface area contributed by atoms with Gasteiger partial charge in [-0.3, -0.25) is 4.90 Å². The fraction of sp³-hybridized carbons (Fsp3) is 0.750. The quantitative estimate of drug-likeness (QED) is 0.833. The third-order valence-corrected chi connectivity index (χ3v) is 4.64. The van der Waals surface area contributed by atoms with Crippen LogP contribution in [0.3, 0.4) is 0 Å². The van der Waals surface area contributed by atoms with Gasteiger partial charge < -0.3 is 19.5 Å². The first-order chi connectivity index (χ1) is 11.3. The number of morpholine rings is 1. The van der Waals surface area contributed by atoms with Gasteiger partial charge in [-0.1, -0.05) is 0 Å². The summed E-state index contributed by atoms with van der Waals surface area (Å²) in [4.78, 5) is 13.4. The number of rotatable bonds is 5. The number of methoxy groups -OCH3 is 1. The van der Waals surface area contributed by atoms with Crippen molar-refractivity contribution in [2.45, 2.75) is 6.42 Å². The Balaban J connectivity index is 1.64. The number of hydrogen-bond acceptors (Lipinski definition) is 7. The predicted molar refractivity (Wildman–Crippen MR) is 86.7 cm³/mol. The summed E-state index contributed by atoms with van der Waals surface area (Å²) >= 11 is 0. The molecule has 0 aromatic carbocycles. The molecule has 1 aromatic rings. The molecule has 0 unspecified atom stereocenters. The molecule has 1 aromatic heterocycles. The maximum atomic E-state index is 9.64. The van der Waals surface area contributed by atoms with Crippen LogP contribution in [0.4, 0.5) is 5.95 Å². The van der Waals surface area contributed by atoms with Gasteiger partial charge in [0.25, 0.3) is 0 Å². The summed E-state index contributed by atoms with van der Waals surface area (Å²) in [5.74, 6) is 2.18. The van der Waals surface area contributed by atoms with Crippen molar-refractivity contribution >= 4 is 5.95 Å². The first-order valence-corrected chi connectivity index (χ1v) is 8.30. The topological polar surface area (TPSA) is 71.0 Å². The lowest BCUT2D eigenvalue weighted by molar-refractivity contribution is 0.0267. The lowest BCUT2D eigenvalue weighted by atomic mass is 9.89. The van der Waals surface area contributed by atoms with Gasteiger partial charge in [-0.05, 0) is 18.3 Å². The van der Waals surface area contributed by atoms with Crippen LogP contribution in [0.2, 0.25) is 0 Å². The van der Waals surface area contributed by atoms with Crippen LogP contribution < -0.4 is 9.64 Å². The normalized spacial score (nSPS) is 26.3. The molecule has 0 saturated carbocycles. The molecule has 128 valence electrons. The molecule has 0 radical (unpaired) electrons. The highest BCUT2D eigenvalue weighted by Crippen LogP contribution is 2.26. The maximum absolute atomic E-state index is 9.64. The molecule has 2 aliphatic rings. The molecular weight excluding hydrogens is 296 g/mol. The summed E-state index contributed by atoms with van der Waals surface area (Å²) in [5, 5.41) is 9.64. The number of piperidine rings is 1. The zero-order valence-electron chi connectivity index (χ0n) is 13.7. The van der Waals surface area contributed by atoms with E-state index < -0.39 is 0 Å². The molecule has 0 spiro atoms. The highest BCUT2D eigenvalue weighted by Gasteiger charge is 2.29. The maximum Gasteiger partial charge on any atom is 0.225 e. The van der Waals surface area contributed by atoms with Crippen LogP contribution in [0.5, 0.6) is 5.75 Å². The van der Waals surface area contributed by atoms with Gasteiger partial charge in [-0.25, -0.2) is 9.97 Å². The Labute approximate surface area is 137 Å². The number of aliphatic hydroxyl groups excluding tert-OH is 1. The van der Waals surface area contributed by atoms with Crippen molar-refractivity contribution < 1.29 is 14.6 Å². The highest BCUT2D eigenvalue weighted by atomic mass is 16.5. The molecule has 0 amide bonds. The minimum absolute atomic E-state index is 0.215. The fourth-order valence-corrected chi connectivity index (χ4v) is 3.47. The van der Waals surface area contributed by atoms with Crippen molar-refractivity contribution in [3.05, 3.63) is 12.4 Å². The van der Waals surface area contributed by atoms with E-state index in [9.17, 15) is 5.11 Å². The SMILES string of the molecule is COc1cnc(N2C[C@@H](CN3CCOCC3)C[C@H](CO)C2)nc1. The molecule has 2 fully saturated rings. The standard InChI is InChI=1S/C16H26N4O3/c1-22-15-7-17-16(18-8-15)20-10-13(6-14(11-20)12-21)9-19-2-4-23-5-3-19/h7-8,13-14,21H,2-6,9-12H2,1H3/t13-,14+/m1/s1. The average Bonchev–Trinajstić information content (AvgIpc) is 2.62. The molecule has 3 heterocycles. The van der Waals surface area contributed by atoms with Crippen LogP contribution in [0, 0.1) is 11.8 Å². The fourth-order valence-electron chi connectivity index (χ4n) is 3.47. The van der Waals surface area contributed by atoms with Gasteiger partial charge in [0.1, 0.15) is 0 Å². The van der Waals surface area contributed by atoms with Crippen molar-refractivity contribution in [2.24, 2.45) is 11.8 Å². The number of ether oxygens (including phenoxy) is 2. The zero-order valence-corrected chi connectivity index (χ0v) is 13.7. The largest absolute Gasteiger partial charge is 0.494 e. The van der Waals surface area contributed by atoms with Crippen LogP contribution in [-0.2, 0) is 4.74 Å². The van der Waals surface area contributed by atoms with E-state index in [1.54, 1.807) is 19.5 Å². The van der Waals surface area contributed by atoms with Gasteiger partial charge in [0.2, 0.25) is 5.95 Å². The van der Waals surface area contributed by atoms with Gasteiger partial charge in [0.15, 0.2) is 5.75 Å². The smallest absolute Gasteiger partial charge is 0.225 e. The van der Waals surface area contributed by atoms with E-state index in [1.165, 1.54) is 0 Å². The summed E-state index contributed by atoms with van der Waals surface area (Å²) in [5.41, 5.74) is 0. The summed E-state index contributed by atoms with van der Waals surface area (Å²) in [7, 11) is 1.61. The monoisotopic (exact) mass is 322 g/mol. The second kappa shape index (κ2) is 7.90. The molecule has 7 nitrogen and oxygen atoms in total. The van der Waals surface area contributed by atoms with Crippen LogP contribution in [0.1, 0.15) is 6.42 Å². The molecule has 2 saturated heterocycles. The Morgan fingerprint density at radius 2 is 1.91 bits per heavy atom. The Morgan fingerprint density at radius 1 is 1.22 bits per heavy atom. The van der Waals surface area contributed by atoms with Crippen molar-refractivity contribution in [1.29, 1.82) is 0 Å². The van der Waals surface area contributed by atoms with E-state index in [-0.39, 0.29) is 12.5 Å². The van der Waals surface area contributed by atoms with Crippen LogP contribution in [-0.4, -0.2) is 79.6 Å². The van der Waals surface area contributed by atoms with E-state index in [1.807, 2.05) is 0 Å². The molecule has 2 atom stereocenters. The molecular formula is C16H26N4O3. The highest BCUT2D eigenvalue weighted by molar-refractivity contribution is 5.32. The summed E-state index contributed by atoms with van der Waals surface area (Å²) in [6.45, 7) is 6.64. The summed E-state index contributed by atoms with van der Waals surface area (Å²) in [6, 6.07) is 0. The Bertz CT molecular complexity index is 479. The second-order valence-corrected chi connectivity index (χ2v) is 6.39. The van der Waals surface area contributed by atoms with Crippen molar-refractivity contribution in [3.63, 3.8) is 0 Å². The first kappa shape index (κ1) is 16.4. The first-order valence-electron chi connectivity index (χ1n) is 8.30. The van der Waals surface area contributed by atoms with Gasteiger partial charge in [-0.15, -0.1) is 0 Å². The van der Waals surface area contributed by atoms with Crippen LogP contribution >= 0.6 is 0 Å². The van der Waals surface area contributed by atoms with Gasteiger partial charge >= 0.3 is 0 Å². The van der Waals surface area contributed by atoms with Gasteiger partial charge in [0, 0.05) is 39.3 Å². The lowest BCUT2D eigenvalue weighted by Crippen LogP contribution is -2.48. The minimum Gasteiger partial charge on any atom is -0.494 e. The van der Waals surface area contributed by atoms with Crippen molar-refractivity contribution in [2.75, 3.05) is 64.6 Å². The predicted octanol–water partition coefficient (Wildman–Crippen LogP) is 0.252. The second-order valence-electron chi connectivity index (χ2n) is 6.39. The Morgan fingerprint density at radius 3 is 2.57 bits per heavy atom. The molecule has 23 heavy (non-hydrogen) atoms. The third-order valence-electron chi connectivity index (χ3n) is 4.64. The van der Waals surface area contributed by atoms with Crippen molar-refractivity contribution in [3.8, 4) is 5.75 Å². The van der Waals surface area contributed by atoms with E-state index in [0.717, 1.165) is 58.3 Å². The average molecular weight is 322 g/mol. The Hall–Kier alpha value is -1.44. The Kier molecular flexibility index (Phi) is 5.64. The lowest BCUT2D eigenvalue weighted by Gasteiger charge is -2.39. The number of anilines is 1. The third kappa shape index (κ3) is 4.31. The van der Waals surface area contributed by atoms with E-state index in [2.05, 4.69) is 19.8 Å². The molecule has 1 N–H and O–H groups in total. The molecule has 7 heteroatoms. The molecule has 3 rings (SSSR count). The van der Waals surface area contributed by atoms with Crippen molar-refractivity contribution in [1.82, 2.24) is 14.9 Å². The summed E-state index contributed by atoms with van der Waals surface area (Å²) < 4.78 is 10.5. The zero-order chi connectivity index (χ0) is 16.1. The minimum atomic E-state index is 0.215. The van der Waals surface area contributed by atoms with Crippen LogP contribution in [0.15, 0.2) is 12.4 Å². The number of hydrogen-bond donors (Lipinski definition) is 1. The van der Waals surface area contributed by atoms with Gasteiger partial charge in [-0.2, -0.15) is 0 Å². The van der Waals surface area contributed by atoms with E-state index >= 15 is 0 Å². The van der Waals surface area contributed by atoms with Gasteiger partial charge in [0.05, 0.1) is 32.7 Å². The molecule has 0 aliphatic carbocycles. The molecule has 2 aliphatic heterocycles. The number of aliphatic hydroxyl groups is 1. The van der Waals surface area contributed by atoms with E-state index in [0.29, 0.717) is 11.7 Å². The molecule has 0 bridgehead atoms. The summed E-state index contributed by atoms with van der Waals surface area (Å²) in [6.07, 6.45) is 4.45.